The summed E-state index contributed by atoms with van der Waals surface area (Å²) in [4.78, 5) is 39.7. The van der Waals surface area contributed by atoms with E-state index in [2.05, 4.69) is 25.7 Å². The van der Waals surface area contributed by atoms with Crippen LogP contribution in [0.1, 0.15) is 36.6 Å². The van der Waals surface area contributed by atoms with Gasteiger partial charge in [-0.1, -0.05) is 30.3 Å². The lowest BCUT2D eigenvalue weighted by atomic mass is 10.1. The van der Waals surface area contributed by atoms with E-state index in [1.165, 1.54) is 5.06 Å². The van der Waals surface area contributed by atoms with Gasteiger partial charge < -0.3 is 5.32 Å². The smallest absolute Gasteiger partial charge is 0.304 e. The largest absolute Gasteiger partial charge is 0.346 e. The molecule has 3 amide bonds. The minimum absolute atomic E-state index is 0.0364. The van der Waals surface area contributed by atoms with Crippen molar-refractivity contribution < 1.29 is 14.4 Å². The zero-order chi connectivity index (χ0) is 24.6. The molecule has 1 aliphatic carbocycles. The van der Waals surface area contributed by atoms with Crippen LogP contribution in [-0.2, 0) is 9.63 Å². The number of hydrogen-bond donors (Lipinski definition) is 2. The maximum Gasteiger partial charge on any atom is 0.346 e. The van der Waals surface area contributed by atoms with Crippen molar-refractivity contribution in [2.24, 2.45) is 5.92 Å². The van der Waals surface area contributed by atoms with E-state index in [0.29, 0.717) is 23.6 Å². The lowest BCUT2D eigenvalue weighted by molar-refractivity contribution is -0.117. The monoisotopic (exact) mass is 483 g/mol. The number of rotatable bonds is 5. The summed E-state index contributed by atoms with van der Waals surface area (Å²) in [5.74, 6) is 0.330. The average Bonchev–Trinajstić information content (AvgIpc) is 3.49. The van der Waals surface area contributed by atoms with Crippen LogP contribution < -0.4 is 10.6 Å². The van der Waals surface area contributed by atoms with Crippen molar-refractivity contribution in [1.29, 1.82) is 0 Å². The van der Waals surface area contributed by atoms with Crippen LogP contribution in [-0.4, -0.2) is 43.2 Å². The Morgan fingerprint density at radius 1 is 1.03 bits per heavy atom. The molecule has 4 heterocycles. The number of anilines is 2. The predicted molar refractivity (Wildman–Crippen MR) is 133 cm³/mol. The molecule has 1 atom stereocenters. The normalized spacial score (nSPS) is 17.4. The molecular formula is C26H25N7O3. The number of hydrogen-bond acceptors (Lipinski definition) is 6. The summed E-state index contributed by atoms with van der Waals surface area (Å²) in [7, 11) is 0. The number of fused-ring (bicyclic) bond motifs is 1. The molecule has 0 radical (unpaired) electrons. The Kier molecular flexibility index (Phi) is 5.57. The fourth-order valence-electron chi connectivity index (χ4n) is 4.30. The van der Waals surface area contributed by atoms with E-state index >= 15 is 0 Å². The van der Waals surface area contributed by atoms with E-state index in [-0.39, 0.29) is 29.8 Å². The molecule has 10 heteroatoms. The molecule has 10 nitrogen and oxygen atoms in total. The van der Waals surface area contributed by atoms with E-state index in [9.17, 15) is 9.59 Å². The summed E-state index contributed by atoms with van der Waals surface area (Å²) in [5, 5.41) is 11.5. The van der Waals surface area contributed by atoms with Crippen molar-refractivity contribution in [3.63, 3.8) is 0 Å². The zero-order valence-corrected chi connectivity index (χ0v) is 19.7. The summed E-state index contributed by atoms with van der Waals surface area (Å²) in [6.45, 7) is 2.32. The van der Waals surface area contributed by atoms with Gasteiger partial charge in [-0.2, -0.15) is 10.0 Å². The highest BCUT2D eigenvalue weighted by atomic mass is 16.7. The van der Waals surface area contributed by atoms with Gasteiger partial charge in [-0.25, -0.2) is 9.31 Å². The molecule has 0 unspecified atom stereocenters. The molecule has 182 valence electrons. The standard InChI is InChI=1S/C26H25N7O3/c1-16-21(28-26(35)33-22(11-12-36-33)17-5-3-2-4-6-17)13-20(14-27-16)19-9-10-23-29-25(31-32(23)15-19)30-24(34)18-7-8-18/h2-6,9-10,13-15,18,22H,7-8,11-12H2,1H3,(H,28,35)(H,30,31,34)/t22-/m0/s1. The van der Waals surface area contributed by atoms with Gasteiger partial charge in [0, 0.05) is 35.9 Å². The van der Waals surface area contributed by atoms with E-state index in [1.807, 2.05) is 61.7 Å². The van der Waals surface area contributed by atoms with Gasteiger partial charge in [0.2, 0.25) is 11.9 Å². The van der Waals surface area contributed by atoms with Gasteiger partial charge in [-0.05, 0) is 43.5 Å². The first-order valence-corrected chi connectivity index (χ1v) is 12.0. The minimum atomic E-state index is -0.342. The van der Waals surface area contributed by atoms with Crippen LogP contribution in [0.15, 0.2) is 60.9 Å². The number of hydroxylamine groups is 2. The van der Waals surface area contributed by atoms with Crippen molar-refractivity contribution in [3.05, 3.63) is 72.2 Å². The molecule has 2 N–H and O–H groups in total. The van der Waals surface area contributed by atoms with Crippen LogP contribution in [0.3, 0.4) is 0 Å². The van der Waals surface area contributed by atoms with Crippen LogP contribution in [0.5, 0.6) is 0 Å². The Labute approximate surface area is 207 Å². The molecule has 4 aromatic rings. The first kappa shape index (κ1) is 22.2. The summed E-state index contributed by atoms with van der Waals surface area (Å²) in [6, 6.07) is 15.0. The third kappa shape index (κ3) is 4.38. The molecule has 1 saturated carbocycles. The molecule has 0 spiro atoms. The maximum absolute atomic E-state index is 13.1. The molecule has 1 aliphatic heterocycles. The molecule has 6 rings (SSSR count). The van der Waals surface area contributed by atoms with E-state index in [0.717, 1.165) is 36.0 Å². The highest BCUT2D eigenvalue weighted by Crippen LogP contribution is 2.32. The van der Waals surface area contributed by atoms with Crippen LogP contribution >= 0.6 is 0 Å². The van der Waals surface area contributed by atoms with Crippen LogP contribution in [0.2, 0.25) is 0 Å². The van der Waals surface area contributed by atoms with Crippen LogP contribution in [0, 0.1) is 12.8 Å². The lowest BCUT2D eigenvalue weighted by Gasteiger charge is -2.23. The first-order chi connectivity index (χ1) is 17.5. The second-order valence-electron chi connectivity index (χ2n) is 9.08. The van der Waals surface area contributed by atoms with Gasteiger partial charge in [-0.3, -0.25) is 19.9 Å². The number of nitrogens with one attached hydrogen (secondary N) is 2. The third-order valence-electron chi connectivity index (χ3n) is 6.47. The number of aryl methyl sites for hydroxylation is 1. The second kappa shape index (κ2) is 9.04. The molecule has 2 aliphatic rings. The van der Waals surface area contributed by atoms with Crippen molar-refractivity contribution in [3.8, 4) is 11.1 Å². The number of nitrogens with zero attached hydrogens (tertiary/aromatic N) is 5. The fourth-order valence-corrected chi connectivity index (χ4v) is 4.30. The van der Waals surface area contributed by atoms with Crippen molar-refractivity contribution in [2.75, 3.05) is 17.2 Å². The SMILES string of the molecule is Cc1ncc(-c2ccc3nc(NC(=O)C4CC4)nn3c2)cc1NC(=O)N1OCC[C@H]1c1ccccc1. The molecular weight excluding hydrogens is 458 g/mol. The third-order valence-corrected chi connectivity index (χ3v) is 6.47. The van der Waals surface area contributed by atoms with Crippen LogP contribution in [0.25, 0.3) is 16.8 Å². The quantitative estimate of drug-likeness (QED) is 0.436. The van der Waals surface area contributed by atoms with Crippen molar-refractivity contribution in [1.82, 2.24) is 24.6 Å². The summed E-state index contributed by atoms with van der Waals surface area (Å²) in [5.41, 5.74) is 4.58. The van der Waals surface area contributed by atoms with Gasteiger partial charge in [0.1, 0.15) is 0 Å². The minimum Gasteiger partial charge on any atom is -0.304 e. The second-order valence-corrected chi connectivity index (χ2v) is 9.08. The Balaban J connectivity index is 1.22. The van der Waals surface area contributed by atoms with Gasteiger partial charge in [0.15, 0.2) is 5.65 Å². The number of pyridine rings is 2. The van der Waals surface area contributed by atoms with E-state index in [1.54, 1.807) is 10.7 Å². The molecule has 0 bridgehead atoms. The molecule has 3 aromatic heterocycles. The molecule has 1 aromatic carbocycles. The number of carbonyl (C=O) groups is 2. The van der Waals surface area contributed by atoms with Crippen molar-refractivity contribution in [2.45, 2.75) is 32.2 Å². The topological polar surface area (TPSA) is 114 Å². The number of urea groups is 1. The summed E-state index contributed by atoms with van der Waals surface area (Å²) in [6.07, 6.45) is 6.13. The highest BCUT2D eigenvalue weighted by Gasteiger charge is 2.32. The fraction of sp³-hybridized carbons (Fsp3) is 0.269. The van der Waals surface area contributed by atoms with Gasteiger partial charge in [0.05, 0.1) is 24.0 Å². The molecule has 36 heavy (non-hydrogen) atoms. The Morgan fingerprint density at radius 3 is 2.67 bits per heavy atom. The predicted octanol–water partition coefficient (Wildman–Crippen LogP) is 4.36. The van der Waals surface area contributed by atoms with Gasteiger partial charge >= 0.3 is 6.03 Å². The summed E-state index contributed by atoms with van der Waals surface area (Å²) >= 11 is 0. The maximum atomic E-state index is 13.1. The van der Waals surface area contributed by atoms with Gasteiger partial charge in [-0.15, -0.1) is 5.10 Å². The number of amides is 3. The molecule has 2 fully saturated rings. The van der Waals surface area contributed by atoms with Crippen LogP contribution in [0.4, 0.5) is 16.4 Å². The Hall–Kier alpha value is -4.31. The van der Waals surface area contributed by atoms with Crippen molar-refractivity contribution >= 4 is 29.2 Å². The Morgan fingerprint density at radius 2 is 1.86 bits per heavy atom. The van der Waals surface area contributed by atoms with Gasteiger partial charge in [0.25, 0.3) is 0 Å². The summed E-state index contributed by atoms with van der Waals surface area (Å²) < 4.78 is 1.62. The zero-order valence-electron chi connectivity index (χ0n) is 19.7. The number of aromatic nitrogens is 4. The van der Waals surface area contributed by atoms with E-state index in [4.69, 9.17) is 4.84 Å². The average molecular weight is 484 g/mol. The first-order valence-electron chi connectivity index (χ1n) is 12.0. The lowest BCUT2D eigenvalue weighted by Crippen LogP contribution is -2.33. The Bertz CT molecular complexity index is 1450. The highest BCUT2D eigenvalue weighted by molar-refractivity contribution is 5.93. The molecule has 1 saturated heterocycles. The van der Waals surface area contributed by atoms with E-state index < -0.39 is 0 Å². The number of benzene rings is 1. The number of carbonyl (C=O) groups excluding carboxylic acids is 2.